The second-order valence-corrected chi connectivity index (χ2v) is 16.7. The minimum atomic E-state index is -2.58. The zero-order valence-electron chi connectivity index (χ0n) is 21.7. The number of aromatic nitrogens is 4. The predicted molar refractivity (Wildman–Crippen MR) is 141 cm³/mol. The monoisotopic (exact) mass is 514 g/mol. The highest BCUT2D eigenvalue weighted by Crippen LogP contribution is 2.42. The molecular formula is C26H36F2N6OSi. The number of rotatable bonds is 8. The third-order valence-corrected chi connectivity index (χ3v) is 8.78. The van der Waals surface area contributed by atoms with Gasteiger partial charge in [0.05, 0.1) is 6.20 Å². The SMILES string of the molecule is Cn1cc(-c2cc3c(cc2C(F)F)N(c2nn(COCC[Si](C)(C)C)c4c2CNCC4)CCC3)cn1. The van der Waals surface area contributed by atoms with Gasteiger partial charge in [0.15, 0.2) is 5.82 Å². The number of ether oxygens (including phenoxy) is 1. The minimum absolute atomic E-state index is 0.0368. The lowest BCUT2D eigenvalue weighted by molar-refractivity contribution is 0.0763. The first kappa shape index (κ1) is 25.1. The Balaban J connectivity index is 1.50. The number of nitrogens with one attached hydrogen (secondary N) is 1. The molecule has 2 aliphatic rings. The number of nitrogens with zero attached hydrogens (tertiary/aromatic N) is 5. The van der Waals surface area contributed by atoms with Crippen molar-refractivity contribution in [2.24, 2.45) is 7.05 Å². The van der Waals surface area contributed by atoms with Crippen LogP contribution in [-0.2, 0) is 37.9 Å². The molecule has 1 N–H and O–H groups in total. The molecule has 194 valence electrons. The van der Waals surface area contributed by atoms with Crippen molar-refractivity contribution >= 4 is 19.6 Å². The molecule has 0 atom stereocenters. The van der Waals surface area contributed by atoms with Gasteiger partial charge in [0.2, 0.25) is 0 Å². The zero-order chi connectivity index (χ0) is 25.4. The van der Waals surface area contributed by atoms with Crippen molar-refractivity contribution in [1.82, 2.24) is 24.9 Å². The number of hydrogen-bond donors (Lipinski definition) is 1. The van der Waals surface area contributed by atoms with E-state index in [4.69, 9.17) is 9.84 Å². The largest absolute Gasteiger partial charge is 0.360 e. The first-order valence-electron chi connectivity index (χ1n) is 12.8. The quantitative estimate of drug-likeness (QED) is 0.328. The molecule has 0 spiro atoms. The van der Waals surface area contributed by atoms with Gasteiger partial charge in [0.25, 0.3) is 6.43 Å². The number of hydrogen-bond acceptors (Lipinski definition) is 5. The molecule has 36 heavy (non-hydrogen) atoms. The molecule has 0 unspecified atom stereocenters. The second-order valence-electron chi connectivity index (χ2n) is 11.0. The molecule has 3 aromatic rings. The van der Waals surface area contributed by atoms with Gasteiger partial charge < -0.3 is 15.0 Å². The van der Waals surface area contributed by atoms with Crippen molar-refractivity contribution in [3.63, 3.8) is 0 Å². The summed E-state index contributed by atoms with van der Waals surface area (Å²) in [5.74, 6) is 0.862. The number of fused-ring (bicyclic) bond motifs is 2. The third-order valence-electron chi connectivity index (χ3n) is 7.07. The summed E-state index contributed by atoms with van der Waals surface area (Å²) < 4.78 is 38.2. The van der Waals surface area contributed by atoms with Crippen LogP contribution in [0.3, 0.4) is 0 Å². The van der Waals surface area contributed by atoms with E-state index in [1.807, 2.05) is 10.7 Å². The van der Waals surface area contributed by atoms with E-state index in [2.05, 4.69) is 35.0 Å². The Kier molecular flexibility index (Phi) is 7.02. The van der Waals surface area contributed by atoms with Gasteiger partial charge in [-0.1, -0.05) is 19.6 Å². The van der Waals surface area contributed by atoms with Gasteiger partial charge in [0, 0.05) is 82.1 Å². The van der Waals surface area contributed by atoms with E-state index < -0.39 is 14.5 Å². The summed E-state index contributed by atoms with van der Waals surface area (Å²) in [7, 11) is 0.632. The van der Waals surface area contributed by atoms with E-state index in [-0.39, 0.29) is 5.56 Å². The summed E-state index contributed by atoms with van der Waals surface area (Å²) in [5, 5.41) is 12.7. The van der Waals surface area contributed by atoms with Gasteiger partial charge in [-0.25, -0.2) is 13.5 Å². The van der Waals surface area contributed by atoms with Crippen molar-refractivity contribution in [1.29, 1.82) is 0 Å². The van der Waals surface area contributed by atoms with Gasteiger partial charge in [0.1, 0.15) is 6.73 Å². The number of benzene rings is 1. The second kappa shape index (κ2) is 10.1. The lowest BCUT2D eigenvalue weighted by Crippen LogP contribution is -2.29. The maximum atomic E-state index is 14.3. The summed E-state index contributed by atoms with van der Waals surface area (Å²) in [6.07, 6.45) is 3.53. The summed E-state index contributed by atoms with van der Waals surface area (Å²) >= 11 is 0. The number of alkyl halides is 2. The van der Waals surface area contributed by atoms with Gasteiger partial charge in [-0.15, -0.1) is 0 Å². The molecular weight excluding hydrogens is 478 g/mol. The molecule has 2 aromatic heterocycles. The van der Waals surface area contributed by atoms with Gasteiger partial charge in [-0.2, -0.15) is 10.2 Å². The Bertz CT molecular complexity index is 1230. The topological polar surface area (TPSA) is 60.1 Å². The lowest BCUT2D eigenvalue weighted by atomic mass is 9.93. The Morgan fingerprint density at radius 1 is 1.19 bits per heavy atom. The number of halogens is 2. The van der Waals surface area contributed by atoms with Gasteiger partial charge in [-0.3, -0.25) is 4.68 Å². The molecule has 0 amide bonds. The fourth-order valence-electron chi connectivity index (χ4n) is 5.11. The van der Waals surface area contributed by atoms with E-state index in [1.165, 1.54) is 5.69 Å². The molecule has 1 aromatic carbocycles. The van der Waals surface area contributed by atoms with E-state index >= 15 is 0 Å². The Morgan fingerprint density at radius 2 is 2.03 bits per heavy atom. The van der Waals surface area contributed by atoms with Crippen LogP contribution in [0.25, 0.3) is 11.1 Å². The highest BCUT2D eigenvalue weighted by atomic mass is 28.3. The van der Waals surface area contributed by atoms with Gasteiger partial charge in [-0.05, 0) is 42.1 Å². The van der Waals surface area contributed by atoms with Crippen molar-refractivity contribution in [2.45, 2.75) is 64.6 Å². The molecule has 4 heterocycles. The van der Waals surface area contributed by atoms with E-state index in [0.717, 1.165) is 74.2 Å². The number of anilines is 2. The molecule has 0 aliphatic carbocycles. The van der Waals surface area contributed by atoms with Crippen LogP contribution in [0, 0.1) is 0 Å². The third kappa shape index (κ3) is 5.12. The van der Waals surface area contributed by atoms with Crippen LogP contribution in [-0.4, -0.2) is 47.3 Å². The van der Waals surface area contributed by atoms with Crippen molar-refractivity contribution in [3.05, 3.63) is 46.9 Å². The normalized spacial score (nSPS) is 15.9. The fourth-order valence-corrected chi connectivity index (χ4v) is 5.87. The highest BCUT2D eigenvalue weighted by Gasteiger charge is 2.30. The van der Waals surface area contributed by atoms with Crippen molar-refractivity contribution in [2.75, 3.05) is 24.6 Å². The average Bonchev–Trinajstić information content (AvgIpc) is 3.44. The molecule has 0 radical (unpaired) electrons. The zero-order valence-corrected chi connectivity index (χ0v) is 22.7. The lowest BCUT2D eigenvalue weighted by Gasteiger charge is -2.32. The summed E-state index contributed by atoms with van der Waals surface area (Å²) in [5.41, 5.74) is 5.56. The maximum absolute atomic E-state index is 14.3. The summed E-state index contributed by atoms with van der Waals surface area (Å²) in [4.78, 5) is 2.14. The molecule has 0 fully saturated rings. The van der Waals surface area contributed by atoms with E-state index in [1.54, 1.807) is 30.2 Å². The molecule has 5 rings (SSSR count). The Morgan fingerprint density at radius 3 is 2.75 bits per heavy atom. The highest BCUT2D eigenvalue weighted by molar-refractivity contribution is 6.76. The maximum Gasteiger partial charge on any atom is 0.264 e. The van der Waals surface area contributed by atoms with Crippen LogP contribution in [0.2, 0.25) is 25.7 Å². The molecule has 7 nitrogen and oxygen atoms in total. The smallest absolute Gasteiger partial charge is 0.264 e. The molecule has 2 aliphatic heterocycles. The summed E-state index contributed by atoms with van der Waals surface area (Å²) in [6, 6.07) is 4.72. The van der Waals surface area contributed by atoms with Crippen molar-refractivity contribution in [3.8, 4) is 11.1 Å². The first-order chi connectivity index (χ1) is 17.2. The van der Waals surface area contributed by atoms with Gasteiger partial charge >= 0.3 is 0 Å². The van der Waals surface area contributed by atoms with Crippen LogP contribution in [0.4, 0.5) is 20.3 Å². The average molecular weight is 515 g/mol. The van der Waals surface area contributed by atoms with Crippen LogP contribution in [0.5, 0.6) is 0 Å². The standard InChI is InChI=1S/C26H36F2N6OSi/c1-32-16-19(14-30-32)20-12-18-6-5-9-33(24(18)13-21(20)25(27)28)26-22-15-29-8-7-23(22)34(31-26)17-35-10-11-36(2,3)4/h12-14,16,25,29H,5-11,15,17H2,1-4H3. The van der Waals surface area contributed by atoms with Crippen LogP contribution < -0.4 is 10.2 Å². The van der Waals surface area contributed by atoms with Crippen LogP contribution >= 0.6 is 0 Å². The summed E-state index contributed by atoms with van der Waals surface area (Å²) in [6.45, 7) is 10.6. The van der Waals surface area contributed by atoms with Crippen LogP contribution in [0.15, 0.2) is 24.5 Å². The molecule has 0 saturated carbocycles. The van der Waals surface area contributed by atoms with E-state index in [0.29, 0.717) is 17.9 Å². The first-order valence-corrected chi connectivity index (χ1v) is 16.5. The minimum Gasteiger partial charge on any atom is -0.360 e. The molecule has 10 heteroatoms. The van der Waals surface area contributed by atoms with Crippen LogP contribution in [0.1, 0.15) is 35.2 Å². The Hall–Kier alpha value is -2.56. The molecule has 0 bridgehead atoms. The van der Waals surface area contributed by atoms with E-state index in [9.17, 15) is 8.78 Å². The Labute approximate surface area is 212 Å². The number of aryl methyl sites for hydroxylation is 2. The van der Waals surface area contributed by atoms with Crippen molar-refractivity contribution < 1.29 is 13.5 Å². The molecule has 0 saturated heterocycles. The predicted octanol–water partition coefficient (Wildman–Crippen LogP) is 5.26. The fraction of sp³-hybridized carbons (Fsp3) is 0.538.